The lowest BCUT2D eigenvalue weighted by Crippen LogP contribution is -2.45. The van der Waals surface area contributed by atoms with Gasteiger partial charge in [0.2, 0.25) is 5.91 Å². The van der Waals surface area contributed by atoms with Gasteiger partial charge in [-0.3, -0.25) is 4.79 Å². The SMILES string of the molecule is C=CCN(CC(=O)N(Cc1cccn1C)C1CC1)C(=O)Nc1ccc(C)c(C)c1. The van der Waals surface area contributed by atoms with E-state index in [1.165, 1.54) is 10.5 Å². The van der Waals surface area contributed by atoms with Gasteiger partial charge in [-0.1, -0.05) is 12.1 Å². The number of nitrogens with one attached hydrogen (secondary N) is 1. The first kappa shape index (κ1) is 20.7. The number of urea groups is 1. The van der Waals surface area contributed by atoms with E-state index in [1.54, 1.807) is 6.08 Å². The smallest absolute Gasteiger partial charge is 0.322 e. The third-order valence-corrected chi connectivity index (χ3v) is 5.41. The minimum atomic E-state index is -0.295. The van der Waals surface area contributed by atoms with Crippen LogP contribution in [0.15, 0.2) is 49.2 Å². The number of hydrogen-bond donors (Lipinski definition) is 1. The van der Waals surface area contributed by atoms with Crippen LogP contribution in [0, 0.1) is 13.8 Å². The highest BCUT2D eigenvalue weighted by Crippen LogP contribution is 2.28. The summed E-state index contributed by atoms with van der Waals surface area (Å²) in [4.78, 5) is 29.3. The number of benzene rings is 1. The molecule has 0 saturated heterocycles. The quantitative estimate of drug-likeness (QED) is 0.692. The molecule has 1 N–H and O–H groups in total. The van der Waals surface area contributed by atoms with E-state index in [0.717, 1.165) is 29.8 Å². The number of carbonyl (C=O) groups excluding carboxylic acids is 2. The van der Waals surface area contributed by atoms with Gasteiger partial charge in [0.1, 0.15) is 6.54 Å². The number of hydrogen-bond acceptors (Lipinski definition) is 2. The van der Waals surface area contributed by atoms with Crippen molar-refractivity contribution >= 4 is 17.6 Å². The van der Waals surface area contributed by atoms with Crippen molar-refractivity contribution in [3.63, 3.8) is 0 Å². The molecule has 0 radical (unpaired) electrons. The fourth-order valence-electron chi connectivity index (χ4n) is 3.29. The summed E-state index contributed by atoms with van der Waals surface area (Å²) in [6, 6.07) is 9.76. The van der Waals surface area contributed by atoms with Crippen molar-refractivity contribution in [2.75, 3.05) is 18.4 Å². The van der Waals surface area contributed by atoms with Gasteiger partial charge in [-0.05, 0) is 62.1 Å². The number of amides is 3. The fourth-order valence-corrected chi connectivity index (χ4v) is 3.29. The molecular formula is C23H30N4O2. The number of rotatable bonds is 8. The van der Waals surface area contributed by atoms with E-state index in [-0.39, 0.29) is 24.5 Å². The molecule has 0 bridgehead atoms. The Morgan fingerprint density at radius 1 is 1.24 bits per heavy atom. The summed E-state index contributed by atoms with van der Waals surface area (Å²) >= 11 is 0. The molecule has 1 saturated carbocycles. The van der Waals surface area contributed by atoms with Crippen LogP contribution in [0.1, 0.15) is 29.7 Å². The summed E-state index contributed by atoms with van der Waals surface area (Å²) in [5, 5.41) is 2.90. The fraction of sp³-hybridized carbons (Fsp3) is 0.391. The molecule has 0 spiro atoms. The zero-order chi connectivity index (χ0) is 21.0. The van der Waals surface area contributed by atoms with Crippen LogP contribution in [-0.2, 0) is 18.4 Å². The zero-order valence-corrected chi connectivity index (χ0v) is 17.5. The molecule has 3 amide bonds. The predicted molar refractivity (Wildman–Crippen MR) is 116 cm³/mol. The zero-order valence-electron chi connectivity index (χ0n) is 17.5. The highest BCUT2D eigenvalue weighted by atomic mass is 16.2. The van der Waals surface area contributed by atoms with Crippen molar-refractivity contribution in [1.29, 1.82) is 0 Å². The molecule has 0 aliphatic heterocycles. The average molecular weight is 395 g/mol. The summed E-state index contributed by atoms with van der Waals surface area (Å²) < 4.78 is 2.02. The highest BCUT2D eigenvalue weighted by molar-refractivity contribution is 5.92. The molecule has 1 aliphatic rings. The lowest BCUT2D eigenvalue weighted by Gasteiger charge is -2.27. The Bertz CT molecular complexity index is 898. The summed E-state index contributed by atoms with van der Waals surface area (Å²) in [6.45, 7) is 8.68. The predicted octanol–water partition coefficient (Wildman–Crippen LogP) is 3.85. The van der Waals surface area contributed by atoms with Crippen LogP contribution in [0.2, 0.25) is 0 Å². The van der Waals surface area contributed by atoms with Crippen molar-refractivity contribution < 1.29 is 9.59 Å². The first-order valence-electron chi connectivity index (χ1n) is 10.0. The largest absolute Gasteiger partial charge is 0.353 e. The highest BCUT2D eigenvalue weighted by Gasteiger charge is 2.34. The maximum atomic E-state index is 13.1. The van der Waals surface area contributed by atoms with Crippen molar-refractivity contribution in [2.45, 2.75) is 39.3 Å². The Morgan fingerprint density at radius 2 is 2.00 bits per heavy atom. The Kier molecular flexibility index (Phi) is 6.42. The lowest BCUT2D eigenvalue weighted by atomic mass is 10.1. The molecule has 0 unspecified atom stereocenters. The van der Waals surface area contributed by atoms with Crippen molar-refractivity contribution in [1.82, 2.24) is 14.4 Å². The van der Waals surface area contributed by atoms with Gasteiger partial charge in [-0.25, -0.2) is 4.79 Å². The average Bonchev–Trinajstić information content (AvgIpc) is 3.44. The number of aryl methyl sites for hydroxylation is 3. The van der Waals surface area contributed by atoms with Crippen LogP contribution in [-0.4, -0.2) is 45.4 Å². The molecule has 29 heavy (non-hydrogen) atoms. The Balaban J connectivity index is 1.68. The van der Waals surface area contributed by atoms with Gasteiger partial charge >= 0.3 is 6.03 Å². The van der Waals surface area contributed by atoms with E-state index < -0.39 is 0 Å². The maximum absolute atomic E-state index is 13.1. The number of anilines is 1. The van der Waals surface area contributed by atoms with Gasteiger partial charge in [0.05, 0.1) is 6.54 Å². The summed E-state index contributed by atoms with van der Waals surface area (Å²) in [5.74, 6) is -0.0363. The normalized spacial score (nSPS) is 13.1. The first-order valence-corrected chi connectivity index (χ1v) is 10.0. The van der Waals surface area contributed by atoms with Crippen LogP contribution in [0.4, 0.5) is 10.5 Å². The second-order valence-corrected chi connectivity index (χ2v) is 7.76. The lowest BCUT2D eigenvalue weighted by molar-refractivity contribution is -0.133. The van der Waals surface area contributed by atoms with Crippen LogP contribution in [0.3, 0.4) is 0 Å². The maximum Gasteiger partial charge on any atom is 0.322 e. The third kappa shape index (κ3) is 5.28. The Morgan fingerprint density at radius 3 is 2.59 bits per heavy atom. The first-order chi connectivity index (χ1) is 13.9. The molecule has 6 heteroatoms. The van der Waals surface area contributed by atoms with Crippen LogP contribution >= 0.6 is 0 Å². The molecule has 154 valence electrons. The molecule has 1 aromatic heterocycles. The van der Waals surface area contributed by atoms with E-state index in [9.17, 15) is 9.59 Å². The molecule has 6 nitrogen and oxygen atoms in total. The van der Waals surface area contributed by atoms with E-state index in [0.29, 0.717) is 13.1 Å². The van der Waals surface area contributed by atoms with Crippen LogP contribution in [0.5, 0.6) is 0 Å². The summed E-state index contributed by atoms with van der Waals surface area (Å²) in [5.41, 5.74) is 4.08. The van der Waals surface area contributed by atoms with Crippen molar-refractivity contribution in [2.24, 2.45) is 7.05 Å². The van der Waals surface area contributed by atoms with Gasteiger partial charge in [0, 0.05) is 37.2 Å². The van der Waals surface area contributed by atoms with Gasteiger partial charge in [-0.15, -0.1) is 6.58 Å². The molecular weight excluding hydrogens is 364 g/mol. The Hall–Kier alpha value is -3.02. The van der Waals surface area contributed by atoms with Crippen LogP contribution < -0.4 is 5.32 Å². The second-order valence-electron chi connectivity index (χ2n) is 7.76. The molecule has 1 heterocycles. The van der Waals surface area contributed by atoms with E-state index in [2.05, 4.69) is 11.9 Å². The molecule has 2 aromatic rings. The number of nitrogens with zero attached hydrogens (tertiary/aromatic N) is 3. The molecule has 3 rings (SSSR count). The summed E-state index contributed by atoms with van der Waals surface area (Å²) in [7, 11) is 1.98. The summed E-state index contributed by atoms with van der Waals surface area (Å²) in [6.07, 6.45) is 5.66. The van der Waals surface area contributed by atoms with Crippen molar-refractivity contribution in [3.05, 3.63) is 66.0 Å². The molecule has 1 fully saturated rings. The second kappa shape index (κ2) is 8.99. The number of carbonyl (C=O) groups is 2. The third-order valence-electron chi connectivity index (χ3n) is 5.41. The monoisotopic (exact) mass is 394 g/mol. The molecule has 1 aliphatic carbocycles. The van der Waals surface area contributed by atoms with Gasteiger partial charge < -0.3 is 19.7 Å². The van der Waals surface area contributed by atoms with Crippen LogP contribution in [0.25, 0.3) is 0 Å². The Labute approximate surface area is 172 Å². The van der Waals surface area contributed by atoms with E-state index >= 15 is 0 Å². The van der Waals surface area contributed by atoms with Gasteiger partial charge in [0.25, 0.3) is 0 Å². The minimum absolute atomic E-state index is 0.0314. The molecule has 0 atom stereocenters. The van der Waals surface area contributed by atoms with E-state index in [4.69, 9.17) is 0 Å². The van der Waals surface area contributed by atoms with E-state index in [1.807, 2.05) is 66.9 Å². The van der Waals surface area contributed by atoms with Gasteiger partial charge in [-0.2, -0.15) is 0 Å². The standard InChI is InChI=1S/C23H30N4O2/c1-5-12-26(23(29)24-19-9-8-17(2)18(3)14-19)16-22(28)27(20-10-11-20)15-21-7-6-13-25(21)4/h5-9,13-14,20H,1,10-12,15-16H2,2-4H3,(H,24,29). The molecule has 1 aromatic carbocycles. The van der Waals surface area contributed by atoms with Crippen molar-refractivity contribution in [3.8, 4) is 0 Å². The van der Waals surface area contributed by atoms with Gasteiger partial charge in [0.15, 0.2) is 0 Å². The topological polar surface area (TPSA) is 57.6 Å². The number of aromatic nitrogens is 1. The minimum Gasteiger partial charge on any atom is -0.353 e.